The summed E-state index contributed by atoms with van der Waals surface area (Å²) in [6.45, 7) is 3.47. The van der Waals surface area contributed by atoms with Gasteiger partial charge in [-0.2, -0.15) is 0 Å². The number of rotatable bonds is 2. The van der Waals surface area contributed by atoms with Crippen LogP contribution in [0.25, 0.3) is 11.0 Å². The Morgan fingerprint density at radius 1 is 1.04 bits per heavy atom. The Labute approximate surface area is 137 Å². The van der Waals surface area contributed by atoms with Crippen molar-refractivity contribution in [2.75, 3.05) is 5.32 Å². The van der Waals surface area contributed by atoms with Gasteiger partial charge < -0.3 is 5.32 Å². The van der Waals surface area contributed by atoms with Crippen LogP contribution in [0.5, 0.6) is 0 Å². The monoisotopic (exact) mass is 328 g/mol. The first-order valence-corrected chi connectivity index (χ1v) is 7.40. The van der Waals surface area contributed by atoms with E-state index < -0.39 is 5.82 Å². The number of pyridine rings is 1. The fourth-order valence-corrected chi connectivity index (χ4v) is 2.53. The van der Waals surface area contributed by atoms with E-state index in [1.807, 2.05) is 0 Å². The van der Waals surface area contributed by atoms with Crippen LogP contribution in [-0.4, -0.2) is 14.1 Å². The fraction of sp³-hybridized carbons (Fsp3) is 0.235. The molecule has 1 aromatic carbocycles. The number of nitrogens with zero attached hydrogens (tertiary/aromatic N) is 3. The van der Waals surface area contributed by atoms with Crippen LogP contribution in [0.3, 0.4) is 0 Å². The minimum atomic E-state index is -0.458. The van der Waals surface area contributed by atoms with Crippen LogP contribution in [0.4, 0.5) is 15.8 Å². The average Bonchev–Trinajstić information content (AvgIpc) is 2.52. The highest BCUT2D eigenvalue weighted by atomic mass is 19.1. The summed E-state index contributed by atoms with van der Waals surface area (Å²) in [5.74, 6) is 0.0295. The summed E-state index contributed by atoms with van der Waals surface area (Å²) in [5.41, 5.74) is 0.834. The molecule has 0 radical (unpaired) electrons. The topological polar surface area (TPSA) is 68.9 Å². The van der Waals surface area contributed by atoms with Crippen molar-refractivity contribution in [1.29, 1.82) is 0 Å². The van der Waals surface area contributed by atoms with Crippen molar-refractivity contribution in [1.82, 2.24) is 14.1 Å². The highest BCUT2D eigenvalue weighted by Gasteiger charge is 2.15. The molecule has 124 valence electrons. The molecule has 0 aliphatic heterocycles. The zero-order valence-electron chi connectivity index (χ0n) is 13.8. The highest BCUT2D eigenvalue weighted by Crippen LogP contribution is 2.24. The lowest BCUT2D eigenvalue weighted by Crippen LogP contribution is -2.27. The molecule has 0 saturated heterocycles. The van der Waals surface area contributed by atoms with Crippen molar-refractivity contribution in [2.24, 2.45) is 14.1 Å². The maximum atomic E-state index is 14.1. The molecule has 0 saturated carbocycles. The van der Waals surface area contributed by atoms with Gasteiger partial charge >= 0.3 is 0 Å². The van der Waals surface area contributed by atoms with Crippen molar-refractivity contribution in [3.63, 3.8) is 0 Å². The Kier molecular flexibility index (Phi) is 3.71. The molecule has 0 aliphatic rings. The third kappa shape index (κ3) is 2.47. The minimum Gasteiger partial charge on any atom is -0.352 e. The predicted octanol–water partition coefficient (Wildman–Crippen LogP) is 2.13. The van der Waals surface area contributed by atoms with Crippen LogP contribution >= 0.6 is 0 Å². The molecule has 0 atom stereocenters. The first-order chi connectivity index (χ1) is 11.3. The zero-order valence-corrected chi connectivity index (χ0v) is 13.8. The van der Waals surface area contributed by atoms with Gasteiger partial charge in [-0.1, -0.05) is 6.07 Å². The van der Waals surface area contributed by atoms with Gasteiger partial charge in [0.05, 0.1) is 11.4 Å². The Bertz CT molecular complexity index is 1080. The highest BCUT2D eigenvalue weighted by molar-refractivity contribution is 5.90. The average molecular weight is 328 g/mol. The summed E-state index contributed by atoms with van der Waals surface area (Å²) in [6, 6.07) is 5.97. The van der Waals surface area contributed by atoms with Crippen molar-refractivity contribution >= 4 is 22.4 Å². The Balaban J connectivity index is 2.32. The first kappa shape index (κ1) is 15.9. The van der Waals surface area contributed by atoms with Crippen LogP contribution < -0.4 is 16.4 Å². The number of hydrogen-bond acceptors (Lipinski definition) is 4. The van der Waals surface area contributed by atoms with Gasteiger partial charge in [-0.15, -0.1) is 0 Å². The van der Waals surface area contributed by atoms with E-state index in [-0.39, 0.29) is 33.5 Å². The standard InChI is InChI=1S/C17H17FN4O2/c1-9-5-6-12(11(18)7-9)20-13-8-14(23)22(4)16-15(13)17(24)21(3)10(2)19-16/h5-8,20H,1-4H3. The molecule has 0 bridgehead atoms. The second-order valence-electron chi connectivity index (χ2n) is 5.79. The smallest absolute Gasteiger partial charge is 0.264 e. The maximum absolute atomic E-state index is 14.1. The summed E-state index contributed by atoms with van der Waals surface area (Å²) in [4.78, 5) is 29.1. The van der Waals surface area contributed by atoms with E-state index in [1.54, 1.807) is 40.1 Å². The minimum absolute atomic E-state index is 0.192. The summed E-state index contributed by atoms with van der Waals surface area (Å²) in [7, 11) is 3.15. The van der Waals surface area contributed by atoms with Crippen molar-refractivity contribution in [3.05, 3.63) is 62.2 Å². The molecule has 3 aromatic rings. The summed E-state index contributed by atoms with van der Waals surface area (Å²) < 4.78 is 16.8. The molecule has 6 nitrogen and oxygen atoms in total. The number of benzene rings is 1. The van der Waals surface area contributed by atoms with Crippen LogP contribution in [0.15, 0.2) is 33.9 Å². The Morgan fingerprint density at radius 2 is 1.75 bits per heavy atom. The van der Waals surface area contributed by atoms with Crippen molar-refractivity contribution in [2.45, 2.75) is 13.8 Å². The van der Waals surface area contributed by atoms with Gasteiger partial charge in [0.15, 0.2) is 5.65 Å². The van der Waals surface area contributed by atoms with Crippen molar-refractivity contribution < 1.29 is 4.39 Å². The molecule has 0 aliphatic carbocycles. The van der Waals surface area contributed by atoms with Gasteiger partial charge in [0.2, 0.25) is 0 Å². The van der Waals surface area contributed by atoms with E-state index in [0.717, 1.165) is 5.56 Å². The molecular weight excluding hydrogens is 311 g/mol. The zero-order chi connectivity index (χ0) is 17.6. The lowest BCUT2D eigenvalue weighted by atomic mass is 10.2. The molecule has 0 unspecified atom stereocenters. The molecule has 1 N–H and O–H groups in total. The van der Waals surface area contributed by atoms with E-state index in [0.29, 0.717) is 5.82 Å². The lowest BCUT2D eigenvalue weighted by molar-refractivity contribution is 0.630. The molecule has 0 amide bonds. The van der Waals surface area contributed by atoms with Gasteiger partial charge in [0.1, 0.15) is 17.0 Å². The van der Waals surface area contributed by atoms with Crippen LogP contribution in [0.1, 0.15) is 11.4 Å². The normalized spacial score (nSPS) is 11.0. The first-order valence-electron chi connectivity index (χ1n) is 7.40. The molecule has 24 heavy (non-hydrogen) atoms. The Hall–Kier alpha value is -2.96. The third-order valence-electron chi connectivity index (χ3n) is 4.07. The van der Waals surface area contributed by atoms with E-state index in [1.165, 1.54) is 21.3 Å². The van der Waals surface area contributed by atoms with Gasteiger partial charge in [0.25, 0.3) is 11.1 Å². The number of halogens is 1. The number of nitrogens with one attached hydrogen (secondary N) is 1. The van der Waals surface area contributed by atoms with E-state index >= 15 is 0 Å². The summed E-state index contributed by atoms with van der Waals surface area (Å²) >= 11 is 0. The number of aromatic nitrogens is 3. The number of hydrogen-bond donors (Lipinski definition) is 1. The Morgan fingerprint density at radius 3 is 2.42 bits per heavy atom. The second-order valence-corrected chi connectivity index (χ2v) is 5.79. The van der Waals surface area contributed by atoms with E-state index in [2.05, 4.69) is 10.3 Å². The lowest BCUT2D eigenvalue weighted by Gasteiger charge is -2.14. The quantitative estimate of drug-likeness (QED) is 0.782. The van der Waals surface area contributed by atoms with E-state index in [4.69, 9.17) is 0 Å². The number of fused-ring (bicyclic) bond motifs is 1. The second kappa shape index (κ2) is 5.59. The molecule has 2 heterocycles. The molecule has 3 rings (SSSR count). The largest absolute Gasteiger partial charge is 0.352 e. The fourth-order valence-electron chi connectivity index (χ4n) is 2.53. The SMILES string of the molecule is Cc1ccc(Nc2cc(=O)n(C)c3nc(C)n(C)c(=O)c23)c(F)c1. The van der Waals surface area contributed by atoms with Crippen LogP contribution in [-0.2, 0) is 14.1 Å². The third-order valence-corrected chi connectivity index (χ3v) is 4.07. The summed E-state index contributed by atoms with van der Waals surface area (Å²) in [5, 5.41) is 3.10. The summed E-state index contributed by atoms with van der Waals surface area (Å²) in [6.07, 6.45) is 0. The van der Waals surface area contributed by atoms with Gasteiger partial charge in [0, 0.05) is 20.2 Å². The van der Waals surface area contributed by atoms with Crippen LogP contribution in [0, 0.1) is 19.7 Å². The number of anilines is 2. The molecule has 2 aromatic heterocycles. The predicted molar refractivity (Wildman–Crippen MR) is 91.4 cm³/mol. The van der Waals surface area contributed by atoms with E-state index in [9.17, 15) is 14.0 Å². The van der Waals surface area contributed by atoms with Crippen LogP contribution in [0.2, 0.25) is 0 Å². The van der Waals surface area contributed by atoms with Crippen molar-refractivity contribution in [3.8, 4) is 0 Å². The molecular formula is C17H17FN4O2. The van der Waals surface area contributed by atoms with Gasteiger partial charge in [-0.25, -0.2) is 9.37 Å². The van der Waals surface area contributed by atoms with Gasteiger partial charge in [-0.3, -0.25) is 18.7 Å². The van der Waals surface area contributed by atoms with Gasteiger partial charge in [-0.05, 0) is 31.5 Å². The molecule has 0 fully saturated rings. The maximum Gasteiger partial charge on any atom is 0.264 e. The molecule has 0 spiro atoms. The number of aryl methyl sites for hydroxylation is 3. The molecule has 7 heteroatoms.